The minimum absolute atomic E-state index is 0.151. The summed E-state index contributed by atoms with van der Waals surface area (Å²) in [5.41, 5.74) is 10.9. The van der Waals surface area contributed by atoms with Crippen molar-refractivity contribution in [1.82, 2.24) is 4.98 Å². The fourth-order valence-electron chi connectivity index (χ4n) is 0.709. The summed E-state index contributed by atoms with van der Waals surface area (Å²) in [7, 11) is 0. The molecule has 0 aromatic carbocycles. The van der Waals surface area contributed by atoms with E-state index < -0.39 is 5.91 Å². The van der Waals surface area contributed by atoms with Gasteiger partial charge in [0.15, 0.2) is 0 Å². The summed E-state index contributed by atoms with van der Waals surface area (Å²) in [6, 6.07) is 4.75. The Morgan fingerprint density at radius 1 is 1.33 bits per heavy atom. The van der Waals surface area contributed by atoms with E-state index in [1.165, 1.54) is 6.07 Å². The van der Waals surface area contributed by atoms with Crippen molar-refractivity contribution in [2.75, 3.05) is 0 Å². The largest absolute Gasteiger partial charge is 0.388 e. The molecule has 1 rings (SSSR count). The van der Waals surface area contributed by atoms with E-state index in [-0.39, 0.29) is 10.7 Å². The van der Waals surface area contributed by atoms with Crippen LogP contribution in [0.15, 0.2) is 18.2 Å². The standard InChI is InChI=1S/C7H7N3OS/c8-6(11)4-2-1-3-5(10-4)7(9)12/h1-3H,(H2,8,11)(H2,9,12). The van der Waals surface area contributed by atoms with Crippen LogP contribution < -0.4 is 11.5 Å². The van der Waals surface area contributed by atoms with Gasteiger partial charge in [-0.1, -0.05) is 18.3 Å². The van der Waals surface area contributed by atoms with Gasteiger partial charge in [-0.25, -0.2) is 4.98 Å². The minimum atomic E-state index is -0.590. The van der Waals surface area contributed by atoms with Crippen molar-refractivity contribution in [2.24, 2.45) is 11.5 Å². The van der Waals surface area contributed by atoms with Gasteiger partial charge in [-0.05, 0) is 12.1 Å². The van der Waals surface area contributed by atoms with E-state index in [0.717, 1.165) is 0 Å². The van der Waals surface area contributed by atoms with E-state index in [1.807, 2.05) is 0 Å². The third-order valence-corrected chi connectivity index (χ3v) is 1.46. The molecular formula is C7H7N3OS. The van der Waals surface area contributed by atoms with Crippen molar-refractivity contribution in [3.63, 3.8) is 0 Å². The molecule has 0 atom stereocenters. The van der Waals surface area contributed by atoms with Crippen LogP contribution in [0.3, 0.4) is 0 Å². The summed E-state index contributed by atoms with van der Waals surface area (Å²) in [4.78, 5) is 14.6. The predicted octanol–water partition coefficient (Wildman–Crippen LogP) is -0.185. The molecule has 4 nitrogen and oxygen atoms in total. The zero-order valence-electron chi connectivity index (χ0n) is 6.15. The molecule has 0 radical (unpaired) electrons. The first kappa shape index (κ1) is 8.61. The van der Waals surface area contributed by atoms with Crippen LogP contribution in [0.5, 0.6) is 0 Å². The lowest BCUT2D eigenvalue weighted by Gasteiger charge is -1.98. The number of aromatic nitrogens is 1. The highest BCUT2D eigenvalue weighted by Crippen LogP contribution is 1.98. The van der Waals surface area contributed by atoms with Gasteiger partial charge < -0.3 is 11.5 Å². The Kier molecular flexibility index (Phi) is 2.35. The quantitative estimate of drug-likeness (QED) is 0.620. The lowest BCUT2D eigenvalue weighted by atomic mass is 10.3. The van der Waals surface area contributed by atoms with Crippen LogP contribution in [0.4, 0.5) is 0 Å². The second-order valence-electron chi connectivity index (χ2n) is 2.14. The van der Waals surface area contributed by atoms with Gasteiger partial charge in [-0.2, -0.15) is 0 Å². The van der Waals surface area contributed by atoms with Gasteiger partial charge in [0.1, 0.15) is 10.7 Å². The van der Waals surface area contributed by atoms with Gasteiger partial charge in [0, 0.05) is 0 Å². The number of nitrogens with zero attached hydrogens (tertiary/aromatic N) is 1. The Hall–Kier alpha value is -1.49. The maximum absolute atomic E-state index is 10.7. The van der Waals surface area contributed by atoms with Gasteiger partial charge in [0.05, 0.1) is 5.69 Å². The van der Waals surface area contributed by atoms with E-state index in [9.17, 15) is 4.79 Å². The normalized spacial score (nSPS) is 9.33. The number of nitrogens with two attached hydrogens (primary N) is 2. The molecule has 0 saturated heterocycles. The maximum atomic E-state index is 10.7. The summed E-state index contributed by atoms with van der Waals surface area (Å²) in [6.07, 6.45) is 0. The molecule has 1 heterocycles. The molecule has 0 bridgehead atoms. The number of hydrogen-bond donors (Lipinski definition) is 2. The summed E-state index contributed by atoms with van der Waals surface area (Å²) >= 11 is 4.67. The van der Waals surface area contributed by atoms with E-state index in [0.29, 0.717) is 5.69 Å². The number of pyridine rings is 1. The van der Waals surface area contributed by atoms with Crippen LogP contribution in [0, 0.1) is 0 Å². The second-order valence-corrected chi connectivity index (χ2v) is 2.58. The number of carbonyl (C=O) groups is 1. The summed E-state index contributed by atoms with van der Waals surface area (Å²) < 4.78 is 0. The van der Waals surface area contributed by atoms with Crippen LogP contribution in [-0.2, 0) is 0 Å². The van der Waals surface area contributed by atoms with Gasteiger partial charge >= 0.3 is 0 Å². The minimum Gasteiger partial charge on any atom is -0.388 e. The van der Waals surface area contributed by atoms with Gasteiger partial charge in [0.25, 0.3) is 5.91 Å². The molecular weight excluding hydrogens is 174 g/mol. The maximum Gasteiger partial charge on any atom is 0.267 e. The van der Waals surface area contributed by atoms with Crippen LogP contribution in [0.2, 0.25) is 0 Å². The van der Waals surface area contributed by atoms with E-state index in [2.05, 4.69) is 17.2 Å². The molecule has 62 valence electrons. The third kappa shape index (κ3) is 1.76. The van der Waals surface area contributed by atoms with Crippen molar-refractivity contribution in [1.29, 1.82) is 0 Å². The molecule has 0 fully saturated rings. The van der Waals surface area contributed by atoms with Crippen molar-refractivity contribution in [3.8, 4) is 0 Å². The molecule has 1 aromatic rings. The average Bonchev–Trinajstić information content (AvgIpc) is 2.04. The monoisotopic (exact) mass is 181 g/mol. The zero-order valence-corrected chi connectivity index (χ0v) is 6.97. The number of carbonyl (C=O) groups excluding carboxylic acids is 1. The smallest absolute Gasteiger partial charge is 0.267 e. The van der Waals surface area contributed by atoms with Crippen LogP contribution in [0.1, 0.15) is 16.2 Å². The van der Waals surface area contributed by atoms with Crippen molar-refractivity contribution < 1.29 is 4.79 Å². The fraction of sp³-hybridized carbons (Fsp3) is 0. The van der Waals surface area contributed by atoms with E-state index >= 15 is 0 Å². The lowest BCUT2D eigenvalue weighted by molar-refractivity contribution is 0.0995. The Morgan fingerprint density at radius 3 is 2.42 bits per heavy atom. The number of primary amides is 1. The number of hydrogen-bond acceptors (Lipinski definition) is 3. The Bertz CT molecular complexity index is 308. The molecule has 0 spiro atoms. The number of amides is 1. The molecule has 0 saturated carbocycles. The van der Waals surface area contributed by atoms with Crippen molar-refractivity contribution in [2.45, 2.75) is 0 Å². The van der Waals surface area contributed by atoms with Crippen LogP contribution in [0.25, 0.3) is 0 Å². The highest BCUT2D eigenvalue weighted by Gasteiger charge is 2.03. The fourth-order valence-corrected chi connectivity index (χ4v) is 0.823. The number of thiocarbonyl (C=S) groups is 1. The van der Waals surface area contributed by atoms with Gasteiger partial charge in [0.2, 0.25) is 0 Å². The van der Waals surface area contributed by atoms with Gasteiger partial charge in [-0.3, -0.25) is 4.79 Å². The molecule has 4 N–H and O–H groups in total. The Labute approximate surface area is 74.6 Å². The average molecular weight is 181 g/mol. The molecule has 1 aromatic heterocycles. The first-order chi connectivity index (χ1) is 5.61. The van der Waals surface area contributed by atoms with Crippen molar-refractivity contribution in [3.05, 3.63) is 29.6 Å². The number of rotatable bonds is 2. The molecule has 0 aliphatic rings. The summed E-state index contributed by atoms with van der Waals surface area (Å²) in [6.45, 7) is 0. The van der Waals surface area contributed by atoms with Crippen LogP contribution >= 0.6 is 12.2 Å². The zero-order chi connectivity index (χ0) is 9.14. The Morgan fingerprint density at radius 2 is 1.92 bits per heavy atom. The Balaban J connectivity index is 3.12. The first-order valence-corrected chi connectivity index (χ1v) is 3.59. The molecule has 5 heteroatoms. The van der Waals surface area contributed by atoms with Crippen molar-refractivity contribution >= 4 is 23.1 Å². The summed E-state index contributed by atoms with van der Waals surface area (Å²) in [5.74, 6) is -0.590. The summed E-state index contributed by atoms with van der Waals surface area (Å²) in [5, 5.41) is 0. The van der Waals surface area contributed by atoms with Crippen LogP contribution in [-0.4, -0.2) is 15.9 Å². The highest BCUT2D eigenvalue weighted by atomic mass is 32.1. The lowest BCUT2D eigenvalue weighted by Crippen LogP contribution is -2.17. The predicted molar refractivity (Wildman–Crippen MR) is 48.6 cm³/mol. The molecule has 0 aliphatic heterocycles. The molecule has 0 aliphatic carbocycles. The molecule has 12 heavy (non-hydrogen) atoms. The SMILES string of the molecule is NC(=O)c1cccc(C(N)=S)n1. The molecule has 1 amide bonds. The van der Waals surface area contributed by atoms with E-state index in [1.54, 1.807) is 12.1 Å². The topological polar surface area (TPSA) is 82.0 Å². The van der Waals surface area contributed by atoms with E-state index in [4.69, 9.17) is 11.5 Å². The van der Waals surface area contributed by atoms with Gasteiger partial charge in [-0.15, -0.1) is 0 Å². The first-order valence-electron chi connectivity index (χ1n) is 3.18. The highest BCUT2D eigenvalue weighted by molar-refractivity contribution is 7.80. The third-order valence-electron chi connectivity index (χ3n) is 1.25. The molecule has 0 unspecified atom stereocenters. The second kappa shape index (κ2) is 3.27.